The molecule has 132 valence electrons. The SMILES string of the molecule is CSc1ccc([C@@H]2CC(=O)Nc3c2c(C)nn3-c2ccc(=O)[nH]n2)cc1. The maximum Gasteiger partial charge on any atom is 0.264 e. The molecule has 26 heavy (non-hydrogen) atoms. The van der Waals surface area contributed by atoms with Crippen LogP contribution in [-0.4, -0.2) is 32.1 Å². The second kappa shape index (κ2) is 6.45. The van der Waals surface area contributed by atoms with E-state index in [0.717, 1.165) is 16.8 Å². The van der Waals surface area contributed by atoms with Crippen LogP contribution in [0.3, 0.4) is 0 Å². The molecule has 0 aliphatic carbocycles. The molecule has 2 N–H and O–H groups in total. The lowest BCUT2D eigenvalue weighted by Gasteiger charge is -2.24. The molecule has 8 heteroatoms. The van der Waals surface area contributed by atoms with Crippen LogP contribution in [0.25, 0.3) is 5.82 Å². The van der Waals surface area contributed by atoms with Gasteiger partial charge in [0.05, 0.1) is 5.69 Å². The molecule has 0 saturated heterocycles. The van der Waals surface area contributed by atoms with Crippen molar-refractivity contribution in [3.8, 4) is 5.82 Å². The number of nitrogens with zero attached hydrogens (tertiary/aromatic N) is 3. The second-order valence-corrected chi connectivity index (χ2v) is 7.00. The van der Waals surface area contributed by atoms with Crippen molar-refractivity contribution in [1.29, 1.82) is 0 Å². The summed E-state index contributed by atoms with van der Waals surface area (Å²) >= 11 is 1.68. The van der Waals surface area contributed by atoms with Gasteiger partial charge in [0.25, 0.3) is 5.56 Å². The Morgan fingerprint density at radius 3 is 2.58 bits per heavy atom. The monoisotopic (exact) mass is 367 g/mol. The Bertz CT molecular complexity index is 1020. The third kappa shape index (κ3) is 2.82. The van der Waals surface area contributed by atoms with Gasteiger partial charge in [0.2, 0.25) is 5.91 Å². The number of aryl methyl sites for hydroxylation is 1. The lowest BCUT2D eigenvalue weighted by atomic mass is 9.86. The molecule has 0 spiro atoms. The van der Waals surface area contributed by atoms with Crippen LogP contribution in [0.4, 0.5) is 5.82 Å². The standard InChI is InChI=1S/C18H17N5O2S/c1-10-17-13(11-3-5-12(26-2)6-4-11)9-16(25)19-18(17)23(22-10)14-7-8-15(24)21-20-14/h3-8,13H,9H2,1-2H3,(H,19,25)(H,21,24)/t13-/m0/s1. The van der Waals surface area contributed by atoms with E-state index in [1.807, 2.05) is 13.2 Å². The summed E-state index contributed by atoms with van der Waals surface area (Å²) in [5.41, 5.74) is 2.60. The quantitative estimate of drug-likeness (QED) is 0.694. The van der Waals surface area contributed by atoms with Crippen molar-refractivity contribution >= 4 is 23.5 Å². The molecule has 1 aliphatic heterocycles. The summed E-state index contributed by atoms with van der Waals surface area (Å²) in [6, 6.07) is 11.2. The molecule has 4 rings (SSSR count). The average Bonchev–Trinajstić information content (AvgIpc) is 2.98. The molecule has 1 amide bonds. The Morgan fingerprint density at radius 2 is 1.92 bits per heavy atom. The first kappa shape index (κ1) is 16.6. The average molecular weight is 367 g/mol. The predicted octanol–water partition coefficient (Wildman–Crippen LogP) is 2.46. The number of carbonyl (C=O) groups excluding carboxylic acids is 1. The van der Waals surface area contributed by atoms with Gasteiger partial charge in [-0.25, -0.2) is 5.10 Å². The maximum atomic E-state index is 12.3. The normalized spacial score (nSPS) is 16.2. The molecule has 3 heterocycles. The minimum absolute atomic E-state index is 0.0637. The molecule has 1 aromatic carbocycles. The lowest BCUT2D eigenvalue weighted by Crippen LogP contribution is -2.25. The van der Waals surface area contributed by atoms with Crippen LogP contribution in [0.15, 0.2) is 46.1 Å². The number of nitrogens with one attached hydrogen (secondary N) is 2. The van der Waals surface area contributed by atoms with E-state index >= 15 is 0 Å². The van der Waals surface area contributed by atoms with Crippen LogP contribution in [-0.2, 0) is 4.79 Å². The van der Waals surface area contributed by atoms with Gasteiger partial charge in [0, 0.05) is 28.9 Å². The van der Waals surface area contributed by atoms with Gasteiger partial charge in [-0.3, -0.25) is 9.59 Å². The number of H-pyrrole nitrogens is 1. The van der Waals surface area contributed by atoms with Gasteiger partial charge < -0.3 is 5.32 Å². The fourth-order valence-corrected chi connectivity index (χ4v) is 3.70. The van der Waals surface area contributed by atoms with Crippen LogP contribution >= 0.6 is 11.8 Å². The van der Waals surface area contributed by atoms with E-state index in [2.05, 4.69) is 44.9 Å². The number of thioether (sulfide) groups is 1. The summed E-state index contributed by atoms with van der Waals surface area (Å²) in [6.45, 7) is 1.92. The zero-order valence-corrected chi connectivity index (χ0v) is 15.1. The molecular formula is C18H17N5O2S. The number of fused-ring (bicyclic) bond motifs is 1. The van der Waals surface area contributed by atoms with Crippen molar-refractivity contribution in [2.75, 3.05) is 11.6 Å². The number of carbonyl (C=O) groups is 1. The largest absolute Gasteiger partial charge is 0.310 e. The zero-order valence-electron chi connectivity index (χ0n) is 14.3. The lowest BCUT2D eigenvalue weighted by molar-refractivity contribution is -0.116. The van der Waals surface area contributed by atoms with Gasteiger partial charge in [-0.05, 0) is 36.9 Å². The smallest absolute Gasteiger partial charge is 0.264 e. The van der Waals surface area contributed by atoms with Crippen LogP contribution in [0, 0.1) is 6.92 Å². The summed E-state index contributed by atoms with van der Waals surface area (Å²) in [7, 11) is 0. The molecule has 0 saturated carbocycles. The topological polar surface area (TPSA) is 92.7 Å². The van der Waals surface area contributed by atoms with Gasteiger partial charge >= 0.3 is 0 Å². The Morgan fingerprint density at radius 1 is 1.15 bits per heavy atom. The third-order valence-corrected chi connectivity index (χ3v) is 5.25. The fourth-order valence-electron chi connectivity index (χ4n) is 3.29. The predicted molar refractivity (Wildman–Crippen MR) is 100 cm³/mol. The van der Waals surface area contributed by atoms with Crippen molar-refractivity contribution in [2.24, 2.45) is 0 Å². The van der Waals surface area contributed by atoms with E-state index in [-0.39, 0.29) is 17.4 Å². The van der Waals surface area contributed by atoms with Crippen LogP contribution < -0.4 is 10.9 Å². The number of anilines is 1. The molecule has 1 aliphatic rings. The number of hydrogen-bond acceptors (Lipinski definition) is 5. The zero-order chi connectivity index (χ0) is 18.3. The first-order valence-corrected chi connectivity index (χ1v) is 9.38. The number of rotatable bonds is 3. The van der Waals surface area contributed by atoms with Crippen LogP contribution in [0.2, 0.25) is 0 Å². The van der Waals surface area contributed by atoms with Gasteiger partial charge in [-0.2, -0.15) is 14.9 Å². The Hall–Kier alpha value is -2.87. The number of amides is 1. The van der Waals surface area contributed by atoms with Gasteiger partial charge in [0.15, 0.2) is 5.82 Å². The van der Waals surface area contributed by atoms with Crippen molar-refractivity contribution < 1.29 is 4.79 Å². The Balaban J connectivity index is 1.83. The van der Waals surface area contributed by atoms with E-state index < -0.39 is 0 Å². The van der Waals surface area contributed by atoms with Gasteiger partial charge in [-0.15, -0.1) is 11.8 Å². The summed E-state index contributed by atoms with van der Waals surface area (Å²) in [4.78, 5) is 24.8. The molecule has 2 aromatic heterocycles. The van der Waals surface area contributed by atoms with Crippen molar-refractivity contribution in [3.63, 3.8) is 0 Å². The minimum atomic E-state index is -0.290. The molecule has 3 aromatic rings. The minimum Gasteiger partial charge on any atom is -0.310 e. The molecule has 0 radical (unpaired) electrons. The second-order valence-electron chi connectivity index (χ2n) is 6.12. The molecular weight excluding hydrogens is 350 g/mol. The van der Waals surface area contributed by atoms with E-state index in [1.54, 1.807) is 22.5 Å². The van der Waals surface area contributed by atoms with Crippen LogP contribution in [0.5, 0.6) is 0 Å². The fraction of sp³-hybridized carbons (Fsp3) is 0.222. The molecule has 1 atom stereocenters. The number of hydrogen-bond donors (Lipinski definition) is 2. The first-order chi connectivity index (χ1) is 12.6. The molecule has 7 nitrogen and oxygen atoms in total. The number of aromatic nitrogens is 4. The molecule has 0 fully saturated rings. The number of benzene rings is 1. The Labute approximate surface area is 153 Å². The first-order valence-electron chi connectivity index (χ1n) is 8.16. The highest BCUT2D eigenvalue weighted by atomic mass is 32.2. The third-order valence-electron chi connectivity index (χ3n) is 4.50. The van der Waals surface area contributed by atoms with Gasteiger partial charge in [-0.1, -0.05) is 12.1 Å². The van der Waals surface area contributed by atoms with E-state index in [4.69, 9.17) is 0 Å². The van der Waals surface area contributed by atoms with Crippen LogP contribution in [0.1, 0.15) is 29.2 Å². The van der Waals surface area contributed by atoms with E-state index in [0.29, 0.717) is 18.1 Å². The number of aromatic amines is 1. The maximum absolute atomic E-state index is 12.3. The van der Waals surface area contributed by atoms with Crippen molar-refractivity contribution in [3.05, 3.63) is 63.6 Å². The summed E-state index contributed by atoms with van der Waals surface area (Å²) in [5, 5.41) is 13.9. The Kier molecular flexibility index (Phi) is 4.12. The highest BCUT2D eigenvalue weighted by molar-refractivity contribution is 7.98. The highest BCUT2D eigenvalue weighted by Crippen LogP contribution is 2.40. The summed E-state index contributed by atoms with van der Waals surface area (Å²) in [6.07, 6.45) is 2.41. The van der Waals surface area contributed by atoms with Crippen molar-refractivity contribution in [1.82, 2.24) is 20.0 Å². The van der Waals surface area contributed by atoms with E-state index in [9.17, 15) is 9.59 Å². The summed E-state index contributed by atoms with van der Waals surface area (Å²) in [5.74, 6) is 0.929. The summed E-state index contributed by atoms with van der Waals surface area (Å²) < 4.78 is 1.57. The highest BCUT2D eigenvalue weighted by Gasteiger charge is 2.32. The van der Waals surface area contributed by atoms with Crippen molar-refractivity contribution in [2.45, 2.75) is 24.2 Å². The molecule has 0 unspecified atom stereocenters. The van der Waals surface area contributed by atoms with Gasteiger partial charge in [0.1, 0.15) is 5.82 Å². The van der Waals surface area contributed by atoms with E-state index in [1.165, 1.54) is 11.0 Å². The molecule has 0 bridgehead atoms.